The number of hydrogen-bond acceptors (Lipinski definition) is 7. The fourth-order valence-electron chi connectivity index (χ4n) is 6.31. The minimum Gasteiger partial charge on any atom is -0.872 e. The standard InChI is InChI=1S/C29H41N2.2C12H10N2O.Al/c1-18(2)24-13-11-14-25(19(3)4)28(24)30-22(9)17-23(10)31-29-26(20(5)6)15-12-16-27(29)21(7)8;2*15-11-6-2-1-5-10(11)9-14-12-7-3-4-8-13-12;/h11-21H,1-10H3;2*1-9,15H;/q-1;;;+3/p-2/b22-17+,31-23?;;;. The Hall–Kier alpha value is -6.14. The molecule has 0 spiro atoms. The first kappa shape index (κ1) is 50.2. The van der Waals surface area contributed by atoms with Gasteiger partial charge in [-0.15, -0.1) is 17.2 Å². The summed E-state index contributed by atoms with van der Waals surface area (Å²) in [4.78, 5) is 21.3. The molecule has 0 unspecified atom stereocenters. The zero-order valence-electron chi connectivity index (χ0n) is 37.8. The van der Waals surface area contributed by atoms with Crippen molar-refractivity contribution in [1.82, 2.24) is 9.97 Å². The SMILES string of the molecule is CC(/C=C(\C)[N-]c1c(C(C)C)cccc1C(C)C)=Nc1c(C(C)C)cccc1C(C)C.[Al+3].[O-]c1ccccc1C=Nc1ccccn1.[O-]c1ccccc1C=Nc1ccccn1. The monoisotopic (exact) mass is 838 g/mol. The van der Waals surface area contributed by atoms with Crippen molar-refractivity contribution in [2.75, 3.05) is 0 Å². The van der Waals surface area contributed by atoms with E-state index in [1.54, 1.807) is 60.9 Å². The van der Waals surface area contributed by atoms with Gasteiger partial charge in [0, 0.05) is 30.5 Å². The van der Waals surface area contributed by atoms with Crippen molar-refractivity contribution in [1.29, 1.82) is 0 Å². The molecule has 6 aromatic rings. The van der Waals surface area contributed by atoms with E-state index in [4.69, 9.17) is 10.3 Å². The second-order valence-electron chi connectivity index (χ2n) is 15.8. The van der Waals surface area contributed by atoms with E-state index in [1.165, 1.54) is 46.8 Å². The predicted octanol–water partition coefficient (Wildman–Crippen LogP) is 13.3. The van der Waals surface area contributed by atoms with Crippen molar-refractivity contribution in [2.24, 2.45) is 15.0 Å². The Kier molecular flexibility index (Phi) is 20.7. The molecule has 8 nitrogen and oxygen atoms in total. The van der Waals surface area contributed by atoms with E-state index < -0.39 is 0 Å². The van der Waals surface area contributed by atoms with Gasteiger partial charge in [0.15, 0.2) is 11.6 Å². The summed E-state index contributed by atoms with van der Waals surface area (Å²) < 4.78 is 0. The van der Waals surface area contributed by atoms with Crippen LogP contribution >= 0.6 is 0 Å². The fourth-order valence-corrected chi connectivity index (χ4v) is 6.31. The first-order valence-electron chi connectivity index (χ1n) is 20.9. The van der Waals surface area contributed by atoms with Crippen molar-refractivity contribution >= 4 is 58.5 Å². The van der Waals surface area contributed by atoms with E-state index in [1.807, 2.05) is 24.3 Å². The molecule has 0 amide bonds. The molecule has 0 saturated carbocycles. The number of aliphatic imine (C=N–C) groups is 3. The van der Waals surface area contributed by atoms with Crippen molar-refractivity contribution in [2.45, 2.75) is 92.9 Å². The minimum absolute atomic E-state index is 0. The summed E-state index contributed by atoms with van der Waals surface area (Å²) in [5.41, 5.74) is 10.6. The molecular weight excluding hydrogens is 780 g/mol. The summed E-state index contributed by atoms with van der Waals surface area (Å²) >= 11 is 0. The van der Waals surface area contributed by atoms with Gasteiger partial charge in [0.2, 0.25) is 0 Å². The number of hydrogen-bond donors (Lipinski definition) is 0. The molecule has 9 heteroatoms. The Morgan fingerprint density at radius 1 is 0.516 bits per heavy atom. The summed E-state index contributed by atoms with van der Waals surface area (Å²) in [6, 6.07) is 37.6. The Morgan fingerprint density at radius 3 is 1.27 bits per heavy atom. The molecule has 0 aliphatic heterocycles. The van der Waals surface area contributed by atoms with Crippen LogP contribution in [0.4, 0.5) is 23.0 Å². The van der Waals surface area contributed by atoms with E-state index in [-0.39, 0.29) is 28.9 Å². The second-order valence-corrected chi connectivity index (χ2v) is 15.8. The van der Waals surface area contributed by atoms with Gasteiger partial charge < -0.3 is 15.5 Å². The molecule has 0 saturated heterocycles. The molecule has 0 fully saturated rings. The van der Waals surface area contributed by atoms with Crippen LogP contribution in [0.2, 0.25) is 0 Å². The van der Waals surface area contributed by atoms with Gasteiger partial charge in [-0.25, -0.2) is 20.0 Å². The number of aromatic nitrogens is 2. The Labute approximate surface area is 380 Å². The maximum absolute atomic E-state index is 11.3. The van der Waals surface area contributed by atoms with E-state index in [2.05, 4.69) is 132 Å². The third kappa shape index (κ3) is 15.7. The van der Waals surface area contributed by atoms with Crippen LogP contribution in [0.5, 0.6) is 11.5 Å². The Morgan fingerprint density at radius 2 is 0.903 bits per heavy atom. The van der Waals surface area contributed by atoms with E-state index in [0.717, 1.165) is 22.8 Å². The smallest absolute Gasteiger partial charge is 0.872 e. The third-order valence-electron chi connectivity index (χ3n) is 9.49. The van der Waals surface area contributed by atoms with Gasteiger partial charge in [-0.05, 0) is 77.1 Å². The number of para-hydroxylation sites is 4. The molecule has 0 bridgehead atoms. The zero-order valence-corrected chi connectivity index (χ0v) is 39.0. The summed E-state index contributed by atoms with van der Waals surface area (Å²) in [6.07, 6.45) is 8.50. The summed E-state index contributed by atoms with van der Waals surface area (Å²) in [5.74, 6) is 2.88. The van der Waals surface area contributed by atoms with Crippen molar-refractivity contribution < 1.29 is 10.2 Å². The van der Waals surface area contributed by atoms with Crippen LogP contribution in [0.3, 0.4) is 0 Å². The summed E-state index contributed by atoms with van der Waals surface area (Å²) in [5, 5.41) is 27.7. The average molecular weight is 839 g/mol. The normalized spacial score (nSPS) is 11.7. The first-order chi connectivity index (χ1) is 29.2. The van der Waals surface area contributed by atoms with Crippen LogP contribution in [-0.4, -0.2) is 45.5 Å². The van der Waals surface area contributed by atoms with Gasteiger partial charge >= 0.3 is 17.4 Å². The average Bonchev–Trinajstić information content (AvgIpc) is 3.24. The quantitative estimate of drug-likeness (QED) is 0.0899. The van der Waals surface area contributed by atoms with Crippen molar-refractivity contribution in [3.05, 3.63) is 184 Å². The van der Waals surface area contributed by atoms with Crippen LogP contribution in [0.1, 0.15) is 126 Å². The van der Waals surface area contributed by atoms with Crippen molar-refractivity contribution in [3.63, 3.8) is 0 Å². The van der Waals surface area contributed by atoms with Crippen LogP contribution in [0.25, 0.3) is 5.32 Å². The molecule has 2 aromatic heterocycles. The molecule has 2 heterocycles. The number of nitrogens with zero attached hydrogens (tertiary/aromatic N) is 6. The molecule has 0 atom stereocenters. The van der Waals surface area contributed by atoms with Crippen LogP contribution in [0.15, 0.2) is 160 Å². The number of benzene rings is 4. The number of rotatable bonds is 12. The number of allylic oxidation sites excluding steroid dienone is 2. The van der Waals surface area contributed by atoms with Gasteiger partial charge in [0.1, 0.15) is 0 Å². The van der Waals surface area contributed by atoms with E-state index in [0.29, 0.717) is 46.4 Å². The molecule has 6 rings (SSSR count). The molecule has 0 aliphatic carbocycles. The fraction of sp³-hybridized carbons (Fsp3) is 0.264. The largest absolute Gasteiger partial charge is 3.00 e. The molecule has 0 aliphatic rings. The summed E-state index contributed by atoms with van der Waals surface area (Å²) in [7, 11) is 0. The van der Waals surface area contributed by atoms with Gasteiger partial charge in [0.05, 0.1) is 5.69 Å². The van der Waals surface area contributed by atoms with E-state index >= 15 is 0 Å². The van der Waals surface area contributed by atoms with Gasteiger partial charge in [-0.3, -0.25) is 4.99 Å². The number of pyridine rings is 2. The van der Waals surface area contributed by atoms with Gasteiger partial charge in [0.25, 0.3) is 0 Å². The summed E-state index contributed by atoms with van der Waals surface area (Å²) in [6.45, 7) is 22.1. The second kappa shape index (κ2) is 25.6. The Balaban J connectivity index is 0.000000274. The molecule has 62 heavy (non-hydrogen) atoms. The molecule has 0 radical (unpaired) electrons. The molecule has 316 valence electrons. The Bertz CT molecular complexity index is 2260. The van der Waals surface area contributed by atoms with Crippen molar-refractivity contribution in [3.8, 4) is 11.5 Å². The van der Waals surface area contributed by atoms with Gasteiger partial charge in [-0.1, -0.05) is 177 Å². The molecule has 4 aromatic carbocycles. The topological polar surface area (TPSA) is 123 Å². The minimum atomic E-state index is -0.0304. The maximum Gasteiger partial charge on any atom is 3.00 e. The third-order valence-corrected chi connectivity index (χ3v) is 9.49. The van der Waals surface area contributed by atoms with Crippen LogP contribution < -0.4 is 10.2 Å². The first-order valence-corrected chi connectivity index (χ1v) is 20.9. The molecule has 0 N–H and O–H groups in total. The van der Waals surface area contributed by atoms with Crippen LogP contribution in [0, 0.1) is 0 Å². The maximum atomic E-state index is 11.3. The van der Waals surface area contributed by atoms with E-state index in [9.17, 15) is 10.2 Å². The molecular formula is C53H59AlN6O2. The van der Waals surface area contributed by atoms with Crippen LogP contribution in [-0.2, 0) is 0 Å². The predicted molar refractivity (Wildman–Crippen MR) is 259 cm³/mol. The zero-order chi connectivity index (χ0) is 44.3. The van der Waals surface area contributed by atoms with Gasteiger partial charge in [-0.2, -0.15) is 5.70 Å².